The summed E-state index contributed by atoms with van der Waals surface area (Å²) in [5.74, 6) is 1.93. The molecule has 1 N–H and O–H groups in total. The molecule has 156 valence electrons. The fourth-order valence-electron chi connectivity index (χ4n) is 5.14. The first kappa shape index (κ1) is 18.7. The number of amides is 2. The second-order valence-electron chi connectivity index (χ2n) is 8.38. The molecule has 8 heteroatoms. The Morgan fingerprint density at radius 2 is 2.17 bits per heavy atom. The highest BCUT2D eigenvalue weighted by Gasteiger charge is 2.42. The Hall–Kier alpha value is -2.32. The minimum absolute atomic E-state index is 0.0437. The normalized spacial score (nSPS) is 29.2. The molecule has 0 spiro atoms. The van der Waals surface area contributed by atoms with Crippen LogP contribution in [0.15, 0.2) is 28.9 Å². The van der Waals surface area contributed by atoms with Gasteiger partial charge in [-0.2, -0.15) is 5.10 Å². The molecule has 0 aromatic carbocycles. The predicted molar refractivity (Wildman–Crippen MR) is 108 cm³/mol. The lowest BCUT2D eigenvalue weighted by atomic mass is 9.74. The van der Waals surface area contributed by atoms with Crippen LogP contribution >= 0.6 is 0 Å². The number of nitrogens with one attached hydrogen (secondary N) is 1. The van der Waals surface area contributed by atoms with Crippen molar-refractivity contribution in [3.05, 3.63) is 30.2 Å². The van der Waals surface area contributed by atoms with Crippen LogP contribution in [0.5, 0.6) is 0 Å². The van der Waals surface area contributed by atoms with E-state index in [1.807, 2.05) is 28.8 Å². The Kier molecular flexibility index (Phi) is 5.05. The quantitative estimate of drug-likeness (QED) is 0.850. The molecule has 29 heavy (non-hydrogen) atoms. The summed E-state index contributed by atoms with van der Waals surface area (Å²) in [6, 6.07) is 6.50. The number of carbonyl (C=O) groups is 1. The average molecular weight is 399 g/mol. The van der Waals surface area contributed by atoms with E-state index in [9.17, 15) is 4.79 Å². The van der Waals surface area contributed by atoms with Crippen molar-refractivity contribution < 1.29 is 13.9 Å². The zero-order valence-electron chi connectivity index (χ0n) is 16.9. The van der Waals surface area contributed by atoms with E-state index in [0.29, 0.717) is 44.2 Å². The summed E-state index contributed by atoms with van der Waals surface area (Å²) >= 11 is 0. The van der Waals surface area contributed by atoms with Gasteiger partial charge in [-0.15, -0.1) is 0 Å². The van der Waals surface area contributed by atoms with Crippen LogP contribution in [0.2, 0.25) is 0 Å². The Morgan fingerprint density at radius 1 is 1.31 bits per heavy atom. The number of aryl methyl sites for hydroxylation is 1. The maximum atomic E-state index is 12.4. The largest absolute Gasteiger partial charge is 0.463 e. The minimum atomic E-state index is 0.0437. The minimum Gasteiger partial charge on any atom is -0.463 e. The molecule has 8 nitrogen and oxygen atoms in total. The molecular weight excluding hydrogens is 370 g/mol. The number of hydrogen-bond donors (Lipinski definition) is 1. The second-order valence-corrected chi connectivity index (χ2v) is 8.38. The Bertz CT molecular complexity index is 843. The fourth-order valence-corrected chi connectivity index (χ4v) is 5.14. The maximum absolute atomic E-state index is 12.4. The number of rotatable bonds is 4. The Labute approximate surface area is 170 Å². The van der Waals surface area contributed by atoms with Crippen molar-refractivity contribution in [1.29, 1.82) is 0 Å². The van der Waals surface area contributed by atoms with Crippen LogP contribution in [0.4, 0.5) is 4.79 Å². The maximum Gasteiger partial charge on any atom is 0.317 e. The van der Waals surface area contributed by atoms with Crippen molar-refractivity contribution in [2.75, 3.05) is 45.9 Å². The monoisotopic (exact) mass is 399 g/mol. The standard InChI is InChI=1S/C21H29N5O3/c1-24-19(12-18(23-24)20-3-2-8-29-20)17-14-26-5-4-15(17)11-16(26)13-22-21(27)25-6-9-28-10-7-25/h2-3,8,12,15-17H,4-7,9-11,13-14H2,1H3,(H,22,27). The molecule has 0 aliphatic carbocycles. The van der Waals surface area contributed by atoms with Gasteiger partial charge in [-0.25, -0.2) is 4.79 Å². The van der Waals surface area contributed by atoms with E-state index in [4.69, 9.17) is 9.15 Å². The Balaban J connectivity index is 1.22. The smallest absolute Gasteiger partial charge is 0.317 e. The van der Waals surface area contributed by atoms with Crippen LogP contribution in [0, 0.1) is 5.92 Å². The van der Waals surface area contributed by atoms with Crippen LogP contribution in [0.25, 0.3) is 11.5 Å². The van der Waals surface area contributed by atoms with Gasteiger partial charge in [-0.1, -0.05) is 0 Å². The molecule has 4 atom stereocenters. The highest BCUT2D eigenvalue weighted by atomic mass is 16.5. The molecule has 0 radical (unpaired) electrons. The third-order valence-corrected chi connectivity index (χ3v) is 6.74. The molecular formula is C21H29N5O3. The van der Waals surface area contributed by atoms with Crippen LogP contribution in [-0.4, -0.2) is 77.6 Å². The van der Waals surface area contributed by atoms with Gasteiger partial charge in [0.1, 0.15) is 5.69 Å². The van der Waals surface area contributed by atoms with Gasteiger partial charge in [0.2, 0.25) is 0 Å². The number of nitrogens with zero attached hydrogens (tertiary/aromatic N) is 4. The molecule has 2 bridgehead atoms. The van der Waals surface area contributed by atoms with Gasteiger partial charge in [0, 0.05) is 50.9 Å². The SMILES string of the molecule is Cn1nc(-c2ccco2)cc1C1CN2CCC1CC2CNC(=O)N1CCOCC1. The Morgan fingerprint density at radius 3 is 2.90 bits per heavy atom. The predicted octanol–water partition coefficient (Wildman–Crippen LogP) is 1.90. The lowest BCUT2D eigenvalue weighted by molar-refractivity contribution is 0.0265. The fraction of sp³-hybridized carbons (Fsp3) is 0.619. The number of urea groups is 1. The molecule has 2 aromatic rings. The molecule has 4 aliphatic heterocycles. The summed E-state index contributed by atoms with van der Waals surface area (Å²) in [5.41, 5.74) is 2.18. The third-order valence-electron chi connectivity index (χ3n) is 6.74. The van der Waals surface area contributed by atoms with E-state index in [1.54, 1.807) is 6.26 Å². The van der Waals surface area contributed by atoms with E-state index in [0.717, 1.165) is 37.5 Å². The number of morpholine rings is 1. The molecule has 2 amide bonds. The van der Waals surface area contributed by atoms with Gasteiger partial charge in [-0.05, 0) is 43.5 Å². The lowest BCUT2D eigenvalue weighted by Gasteiger charge is -2.50. The molecule has 4 unspecified atom stereocenters. The van der Waals surface area contributed by atoms with E-state index in [-0.39, 0.29) is 6.03 Å². The topological polar surface area (TPSA) is 75.8 Å². The van der Waals surface area contributed by atoms with Crippen molar-refractivity contribution in [3.8, 4) is 11.5 Å². The van der Waals surface area contributed by atoms with E-state index < -0.39 is 0 Å². The summed E-state index contributed by atoms with van der Waals surface area (Å²) in [4.78, 5) is 16.8. The number of aromatic nitrogens is 2. The van der Waals surface area contributed by atoms with E-state index in [2.05, 4.69) is 21.4 Å². The van der Waals surface area contributed by atoms with Crippen molar-refractivity contribution in [3.63, 3.8) is 0 Å². The summed E-state index contributed by atoms with van der Waals surface area (Å²) in [6.45, 7) is 5.51. The van der Waals surface area contributed by atoms with Crippen LogP contribution < -0.4 is 5.32 Å². The molecule has 2 aromatic heterocycles. The van der Waals surface area contributed by atoms with Gasteiger partial charge < -0.3 is 19.4 Å². The molecule has 4 fully saturated rings. The molecule has 6 rings (SSSR count). The zero-order chi connectivity index (χ0) is 19.8. The van der Waals surface area contributed by atoms with Crippen molar-refractivity contribution >= 4 is 6.03 Å². The number of ether oxygens (including phenoxy) is 1. The lowest BCUT2D eigenvalue weighted by Crippen LogP contribution is -2.57. The third kappa shape index (κ3) is 3.67. The second kappa shape index (κ2) is 7.84. The number of furan rings is 1. The van der Waals surface area contributed by atoms with Crippen molar-refractivity contribution in [2.45, 2.75) is 24.8 Å². The van der Waals surface area contributed by atoms with Crippen LogP contribution in [0.3, 0.4) is 0 Å². The zero-order valence-corrected chi connectivity index (χ0v) is 16.9. The first-order chi connectivity index (χ1) is 14.2. The molecule has 6 heterocycles. The number of piperidine rings is 3. The van der Waals surface area contributed by atoms with E-state index in [1.165, 1.54) is 12.1 Å². The first-order valence-corrected chi connectivity index (χ1v) is 10.6. The number of hydrogen-bond acceptors (Lipinski definition) is 5. The van der Waals surface area contributed by atoms with Gasteiger partial charge in [-0.3, -0.25) is 9.58 Å². The molecule has 0 saturated carbocycles. The van der Waals surface area contributed by atoms with Crippen LogP contribution in [0.1, 0.15) is 24.5 Å². The van der Waals surface area contributed by atoms with Crippen LogP contribution in [-0.2, 0) is 11.8 Å². The summed E-state index contributed by atoms with van der Waals surface area (Å²) in [7, 11) is 2.03. The van der Waals surface area contributed by atoms with Crippen molar-refractivity contribution in [1.82, 2.24) is 24.9 Å². The number of fused-ring (bicyclic) bond motifs is 3. The van der Waals surface area contributed by atoms with Gasteiger partial charge in [0.05, 0.1) is 19.5 Å². The molecule has 4 aliphatic rings. The summed E-state index contributed by atoms with van der Waals surface area (Å²) in [6.07, 6.45) is 4.02. The molecule has 4 saturated heterocycles. The highest BCUT2D eigenvalue weighted by molar-refractivity contribution is 5.74. The van der Waals surface area contributed by atoms with Crippen molar-refractivity contribution in [2.24, 2.45) is 13.0 Å². The summed E-state index contributed by atoms with van der Waals surface area (Å²) < 4.78 is 12.9. The highest BCUT2D eigenvalue weighted by Crippen LogP contribution is 2.42. The summed E-state index contributed by atoms with van der Waals surface area (Å²) in [5, 5.41) is 7.83. The van der Waals surface area contributed by atoms with Gasteiger partial charge >= 0.3 is 6.03 Å². The average Bonchev–Trinajstić information content (AvgIpc) is 3.43. The van der Waals surface area contributed by atoms with E-state index >= 15 is 0 Å². The first-order valence-electron chi connectivity index (χ1n) is 10.6. The number of carbonyl (C=O) groups excluding carboxylic acids is 1. The van der Waals surface area contributed by atoms with Gasteiger partial charge in [0.25, 0.3) is 0 Å². The van der Waals surface area contributed by atoms with Gasteiger partial charge in [0.15, 0.2) is 5.76 Å².